The van der Waals surface area contributed by atoms with Crippen molar-refractivity contribution >= 4 is 23.4 Å². The molecule has 0 spiro atoms. The van der Waals surface area contributed by atoms with Gasteiger partial charge in [0.1, 0.15) is 16.8 Å². The van der Waals surface area contributed by atoms with Crippen molar-refractivity contribution in [2.24, 2.45) is 13.0 Å². The number of hydrogen-bond acceptors (Lipinski definition) is 5. The molecule has 2 aromatic heterocycles. The van der Waals surface area contributed by atoms with Gasteiger partial charge in [-0.25, -0.2) is 9.67 Å². The van der Waals surface area contributed by atoms with E-state index in [0.717, 1.165) is 17.8 Å². The van der Waals surface area contributed by atoms with Crippen LogP contribution < -0.4 is 10.9 Å². The average molecular weight is 450 g/mol. The predicted octanol–water partition coefficient (Wildman–Crippen LogP) is 4.07. The molecule has 3 rings (SSSR count). The van der Waals surface area contributed by atoms with Gasteiger partial charge in [-0.05, 0) is 43.5 Å². The lowest BCUT2D eigenvalue weighted by atomic mass is 10.1. The van der Waals surface area contributed by atoms with Crippen LogP contribution >= 0.6 is 11.8 Å². The van der Waals surface area contributed by atoms with Crippen LogP contribution in [0, 0.1) is 24.2 Å². The number of pyridine rings is 1. The Labute approximate surface area is 192 Å². The Morgan fingerprint density at radius 2 is 1.94 bits per heavy atom. The summed E-state index contributed by atoms with van der Waals surface area (Å²) in [6, 6.07) is 15.1. The zero-order valence-electron chi connectivity index (χ0n) is 18.8. The van der Waals surface area contributed by atoms with Crippen LogP contribution in [0.3, 0.4) is 0 Å². The van der Waals surface area contributed by atoms with Crippen LogP contribution in [0.1, 0.15) is 37.2 Å². The van der Waals surface area contributed by atoms with Crippen molar-refractivity contribution in [1.82, 2.24) is 14.3 Å². The van der Waals surface area contributed by atoms with E-state index in [0.29, 0.717) is 28.0 Å². The average Bonchev–Trinajstić information content (AvgIpc) is 2.97. The minimum Gasteiger partial charge on any atom is -0.320 e. The number of hydrogen-bond donors (Lipinski definition) is 1. The lowest BCUT2D eigenvalue weighted by molar-refractivity contribution is -0.115. The molecule has 1 N–H and O–H groups in total. The van der Waals surface area contributed by atoms with Crippen LogP contribution in [-0.4, -0.2) is 26.0 Å². The van der Waals surface area contributed by atoms with Crippen LogP contribution in [0.4, 0.5) is 5.69 Å². The zero-order chi connectivity index (χ0) is 23.3. The first kappa shape index (κ1) is 23.4. The van der Waals surface area contributed by atoms with E-state index >= 15 is 0 Å². The summed E-state index contributed by atoms with van der Waals surface area (Å²) in [7, 11) is 1.79. The number of carbonyl (C=O) groups is 1. The van der Waals surface area contributed by atoms with Crippen LogP contribution in [0.2, 0.25) is 0 Å². The third-order valence-electron chi connectivity index (χ3n) is 5.04. The van der Waals surface area contributed by atoms with E-state index in [2.05, 4.69) is 30.2 Å². The first-order valence-electron chi connectivity index (χ1n) is 10.5. The molecule has 3 aromatic rings. The first-order chi connectivity index (χ1) is 15.3. The maximum absolute atomic E-state index is 12.9. The highest BCUT2D eigenvalue weighted by atomic mass is 32.2. The van der Waals surface area contributed by atoms with E-state index in [-0.39, 0.29) is 23.6 Å². The van der Waals surface area contributed by atoms with E-state index in [1.54, 1.807) is 24.7 Å². The summed E-state index contributed by atoms with van der Waals surface area (Å²) in [5.41, 5.74) is 2.86. The lowest BCUT2D eigenvalue weighted by Crippen LogP contribution is -2.23. The van der Waals surface area contributed by atoms with Crippen LogP contribution in [0.15, 0.2) is 52.3 Å². The van der Waals surface area contributed by atoms with Crippen LogP contribution in [0.25, 0.3) is 5.69 Å². The molecule has 166 valence electrons. The maximum atomic E-state index is 12.9. The van der Waals surface area contributed by atoms with Crippen molar-refractivity contribution in [3.63, 3.8) is 0 Å². The second-order valence-electron chi connectivity index (χ2n) is 7.95. The largest absolute Gasteiger partial charge is 0.320 e. The molecule has 0 unspecified atom stereocenters. The molecular weight excluding hydrogens is 422 g/mol. The third kappa shape index (κ3) is 5.29. The van der Waals surface area contributed by atoms with Crippen molar-refractivity contribution in [2.45, 2.75) is 38.6 Å². The van der Waals surface area contributed by atoms with Gasteiger partial charge in [-0.1, -0.05) is 32.0 Å². The molecule has 7 nitrogen and oxygen atoms in total. The summed E-state index contributed by atoms with van der Waals surface area (Å²) < 4.78 is 3.26. The van der Waals surface area contributed by atoms with Gasteiger partial charge in [0.25, 0.3) is 5.56 Å². The molecule has 0 aliphatic heterocycles. The van der Waals surface area contributed by atoms with E-state index in [9.17, 15) is 14.9 Å². The molecule has 8 heteroatoms. The molecule has 0 fully saturated rings. The summed E-state index contributed by atoms with van der Waals surface area (Å²) in [6.07, 6.45) is 1.03. The van der Waals surface area contributed by atoms with Crippen molar-refractivity contribution < 1.29 is 4.79 Å². The molecule has 0 atom stereocenters. The molecule has 0 saturated carbocycles. The highest BCUT2D eigenvalue weighted by molar-refractivity contribution is 7.99. The number of rotatable bonds is 8. The minimum atomic E-state index is -0.271. The number of amides is 1. The first-order valence-corrected chi connectivity index (χ1v) is 11.5. The number of benzene rings is 1. The fraction of sp³-hybridized carbons (Fsp3) is 0.333. The van der Waals surface area contributed by atoms with Gasteiger partial charge in [0.2, 0.25) is 5.91 Å². The quantitative estimate of drug-likeness (QED) is 0.523. The molecule has 0 aliphatic rings. The number of nitrogens with zero attached hydrogens (tertiary/aromatic N) is 4. The molecule has 1 amide bonds. The molecule has 1 aromatic carbocycles. The van der Waals surface area contributed by atoms with Crippen molar-refractivity contribution in [1.29, 1.82) is 5.26 Å². The SMILES string of the molecule is Cc1c(NC(=O)CCSc2nc(CC(C)C)ccc2C#N)c(=O)n(-c2ccccc2)n1C. The second-order valence-corrected chi connectivity index (χ2v) is 9.03. The Kier molecular flexibility index (Phi) is 7.54. The van der Waals surface area contributed by atoms with Crippen molar-refractivity contribution in [3.05, 3.63) is 69.8 Å². The molecule has 2 heterocycles. The molecule has 0 bridgehead atoms. The number of para-hydroxylation sites is 1. The summed E-state index contributed by atoms with van der Waals surface area (Å²) >= 11 is 1.38. The smallest absolute Gasteiger partial charge is 0.295 e. The van der Waals surface area contributed by atoms with Gasteiger partial charge in [-0.2, -0.15) is 5.26 Å². The number of thioether (sulfide) groups is 1. The van der Waals surface area contributed by atoms with Crippen molar-refractivity contribution in [3.8, 4) is 11.8 Å². The Bertz CT molecular complexity index is 1210. The van der Waals surface area contributed by atoms with Crippen LogP contribution in [-0.2, 0) is 18.3 Å². The summed E-state index contributed by atoms with van der Waals surface area (Å²) in [5, 5.41) is 12.8. The third-order valence-corrected chi connectivity index (χ3v) is 6.04. The zero-order valence-corrected chi connectivity index (χ0v) is 19.6. The summed E-state index contributed by atoms with van der Waals surface area (Å²) in [4.78, 5) is 30.1. The molecule has 32 heavy (non-hydrogen) atoms. The van der Waals surface area contributed by atoms with Gasteiger partial charge < -0.3 is 5.32 Å². The predicted molar refractivity (Wildman–Crippen MR) is 127 cm³/mol. The van der Waals surface area contributed by atoms with Crippen molar-refractivity contribution in [2.75, 3.05) is 11.1 Å². The number of nitrogens with one attached hydrogen (secondary N) is 1. The lowest BCUT2D eigenvalue weighted by Gasteiger charge is -2.08. The van der Waals surface area contributed by atoms with Gasteiger partial charge in [-0.15, -0.1) is 11.8 Å². The van der Waals surface area contributed by atoms with E-state index in [1.165, 1.54) is 16.4 Å². The van der Waals surface area contributed by atoms with Gasteiger partial charge >= 0.3 is 0 Å². The van der Waals surface area contributed by atoms with Gasteiger partial charge in [-0.3, -0.25) is 14.3 Å². The Morgan fingerprint density at radius 3 is 2.59 bits per heavy atom. The maximum Gasteiger partial charge on any atom is 0.295 e. The van der Waals surface area contributed by atoms with Gasteiger partial charge in [0, 0.05) is 24.9 Å². The number of carbonyl (C=O) groups excluding carboxylic acids is 1. The van der Waals surface area contributed by atoms with Gasteiger partial charge in [0.15, 0.2) is 0 Å². The van der Waals surface area contributed by atoms with E-state index < -0.39 is 0 Å². The normalized spacial score (nSPS) is 10.9. The summed E-state index contributed by atoms with van der Waals surface area (Å²) in [5.74, 6) is 0.672. The monoisotopic (exact) mass is 449 g/mol. The molecule has 0 radical (unpaired) electrons. The number of aromatic nitrogens is 3. The second kappa shape index (κ2) is 10.3. The highest BCUT2D eigenvalue weighted by Gasteiger charge is 2.18. The Morgan fingerprint density at radius 1 is 1.22 bits per heavy atom. The topological polar surface area (TPSA) is 92.7 Å². The number of anilines is 1. The summed E-state index contributed by atoms with van der Waals surface area (Å²) in [6.45, 7) is 6.04. The fourth-order valence-electron chi connectivity index (χ4n) is 3.36. The molecule has 0 aliphatic carbocycles. The van der Waals surface area contributed by atoms with Gasteiger partial charge in [0.05, 0.1) is 16.9 Å². The van der Waals surface area contributed by atoms with E-state index in [4.69, 9.17) is 0 Å². The Balaban J connectivity index is 1.68. The molecule has 0 saturated heterocycles. The fourth-order valence-corrected chi connectivity index (χ4v) is 4.29. The molecular formula is C24H27N5O2S. The van der Waals surface area contributed by atoms with E-state index in [1.807, 2.05) is 36.4 Å². The standard InChI is InChI=1S/C24H27N5O2S/c1-16(2)14-19-11-10-18(15-25)23(26-19)32-13-12-21(30)27-22-17(3)28(4)29(24(22)31)20-8-6-5-7-9-20/h5-11,16H,12-14H2,1-4H3,(H,27,30). The highest BCUT2D eigenvalue weighted by Crippen LogP contribution is 2.23. The Hall–Kier alpha value is -3.31. The minimum absolute atomic E-state index is 0.199. The number of nitriles is 1. The van der Waals surface area contributed by atoms with Crippen LogP contribution in [0.5, 0.6) is 0 Å².